The molecule has 3 N–H and O–H groups in total. The Morgan fingerprint density at radius 1 is 1.32 bits per heavy atom. The fourth-order valence-corrected chi connectivity index (χ4v) is 1.57. The molecular formula is C12H14Cl2F4N2O2. The summed E-state index contributed by atoms with van der Waals surface area (Å²) in [7, 11) is 3.38. The maximum atomic E-state index is 13.5. The van der Waals surface area contributed by atoms with E-state index in [0.29, 0.717) is 13.0 Å². The van der Waals surface area contributed by atoms with Gasteiger partial charge in [0.15, 0.2) is 5.60 Å². The van der Waals surface area contributed by atoms with Crippen molar-refractivity contribution in [3.63, 3.8) is 0 Å². The summed E-state index contributed by atoms with van der Waals surface area (Å²) >= 11 is 10.9. The molecule has 1 aromatic carbocycles. The van der Waals surface area contributed by atoms with Crippen LogP contribution in [0.5, 0.6) is 0 Å². The fraction of sp³-hybridized carbons (Fsp3) is 0.417. The lowest BCUT2D eigenvalue weighted by atomic mass is 9.94. The Morgan fingerprint density at radius 2 is 1.73 bits per heavy atom. The standard InChI is InChI=1S/C9H7Cl2F4NO.C3H7NO/c1-8(17,9(13,14)15)3-2-4(10)7(16)5(11)6(3)12;1-4(2)3-5/h2,17H,16H2,1H3;3H,1-2H3. The molecule has 0 spiro atoms. The average Bonchev–Trinajstić information content (AvgIpc) is 2.39. The van der Waals surface area contributed by atoms with Crippen LogP contribution in [0.25, 0.3) is 0 Å². The summed E-state index contributed by atoms with van der Waals surface area (Å²) < 4.78 is 51.1. The Labute approximate surface area is 134 Å². The van der Waals surface area contributed by atoms with E-state index >= 15 is 0 Å². The summed E-state index contributed by atoms with van der Waals surface area (Å²) in [6.07, 6.45) is -4.32. The fourth-order valence-electron chi connectivity index (χ4n) is 1.12. The Balaban J connectivity index is 0.000000763. The molecule has 0 fully saturated rings. The number of nitrogens with zero attached hydrogens (tertiary/aromatic N) is 1. The summed E-state index contributed by atoms with van der Waals surface area (Å²) in [5.41, 5.74) is 0.376. The van der Waals surface area contributed by atoms with Gasteiger partial charge in [0.05, 0.1) is 10.7 Å². The molecule has 0 bridgehead atoms. The summed E-state index contributed by atoms with van der Waals surface area (Å²) in [6, 6.07) is 0.603. The third-order valence-corrected chi connectivity index (χ3v) is 3.16. The number of benzene rings is 1. The van der Waals surface area contributed by atoms with Gasteiger partial charge in [-0.05, 0) is 13.0 Å². The van der Waals surface area contributed by atoms with Gasteiger partial charge < -0.3 is 15.7 Å². The monoisotopic (exact) mass is 364 g/mol. The lowest BCUT2D eigenvalue weighted by Gasteiger charge is -2.27. The molecular weight excluding hydrogens is 351 g/mol. The van der Waals surface area contributed by atoms with Crippen LogP contribution in [0, 0.1) is 5.82 Å². The minimum Gasteiger partial charge on any atom is -0.396 e. The van der Waals surface area contributed by atoms with Crippen LogP contribution in [-0.4, -0.2) is 36.7 Å². The number of hydrogen-bond donors (Lipinski definition) is 2. The van der Waals surface area contributed by atoms with Gasteiger partial charge in [-0.15, -0.1) is 0 Å². The van der Waals surface area contributed by atoms with Crippen LogP contribution in [0.2, 0.25) is 10.0 Å². The summed E-state index contributed by atoms with van der Waals surface area (Å²) in [6.45, 7) is 0.397. The molecule has 126 valence electrons. The molecule has 0 saturated heterocycles. The van der Waals surface area contributed by atoms with Crippen LogP contribution < -0.4 is 5.73 Å². The lowest BCUT2D eigenvalue weighted by molar-refractivity contribution is -0.259. The van der Waals surface area contributed by atoms with E-state index in [9.17, 15) is 27.5 Å². The molecule has 0 aliphatic heterocycles. The molecule has 1 rings (SSSR count). The first-order chi connectivity index (χ1) is 9.77. The third-order valence-electron chi connectivity index (χ3n) is 2.48. The van der Waals surface area contributed by atoms with Gasteiger partial charge in [0.2, 0.25) is 6.41 Å². The van der Waals surface area contributed by atoms with Crippen LogP contribution in [0.4, 0.5) is 23.2 Å². The zero-order valence-electron chi connectivity index (χ0n) is 11.8. The number of nitrogens with two attached hydrogens (primary N) is 1. The largest absolute Gasteiger partial charge is 0.421 e. The van der Waals surface area contributed by atoms with E-state index in [4.69, 9.17) is 28.9 Å². The minimum absolute atomic E-state index is 0.365. The maximum Gasteiger partial charge on any atom is 0.421 e. The van der Waals surface area contributed by atoms with E-state index < -0.39 is 28.2 Å². The van der Waals surface area contributed by atoms with Crippen molar-refractivity contribution in [1.29, 1.82) is 0 Å². The van der Waals surface area contributed by atoms with Crippen LogP contribution in [0.3, 0.4) is 0 Å². The van der Waals surface area contributed by atoms with Crippen molar-refractivity contribution in [2.45, 2.75) is 18.7 Å². The van der Waals surface area contributed by atoms with Crippen molar-refractivity contribution in [2.75, 3.05) is 19.8 Å². The summed E-state index contributed by atoms with van der Waals surface area (Å²) in [5.74, 6) is -1.45. The van der Waals surface area contributed by atoms with Crippen molar-refractivity contribution in [3.05, 3.63) is 27.5 Å². The van der Waals surface area contributed by atoms with Gasteiger partial charge in [0.25, 0.3) is 0 Å². The normalized spacial score (nSPS) is 13.7. The van der Waals surface area contributed by atoms with Crippen molar-refractivity contribution >= 4 is 35.3 Å². The van der Waals surface area contributed by atoms with Gasteiger partial charge in [-0.2, -0.15) is 13.2 Å². The van der Waals surface area contributed by atoms with E-state index in [1.54, 1.807) is 14.1 Å². The predicted octanol–water partition coefficient (Wildman–Crippen LogP) is 3.19. The molecule has 1 amide bonds. The van der Waals surface area contributed by atoms with Gasteiger partial charge in [-0.3, -0.25) is 4.79 Å². The van der Waals surface area contributed by atoms with E-state index in [1.807, 2.05) is 0 Å². The second-order valence-corrected chi connectivity index (χ2v) is 5.37. The SMILES string of the molecule is CC(O)(c1cc(Cl)c(N)c(Cl)c1F)C(F)(F)F.CN(C)C=O. The molecule has 1 atom stereocenters. The highest BCUT2D eigenvalue weighted by atomic mass is 35.5. The van der Waals surface area contributed by atoms with Crippen LogP contribution in [0.1, 0.15) is 12.5 Å². The molecule has 0 aliphatic rings. The molecule has 0 radical (unpaired) electrons. The molecule has 1 unspecified atom stereocenters. The second-order valence-electron chi connectivity index (χ2n) is 4.59. The average molecular weight is 365 g/mol. The highest BCUT2D eigenvalue weighted by Crippen LogP contribution is 2.43. The van der Waals surface area contributed by atoms with Gasteiger partial charge in [-0.25, -0.2) is 4.39 Å². The van der Waals surface area contributed by atoms with Gasteiger partial charge in [0.1, 0.15) is 10.8 Å². The van der Waals surface area contributed by atoms with Crippen molar-refractivity contribution in [3.8, 4) is 0 Å². The molecule has 22 heavy (non-hydrogen) atoms. The molecule has 1 aromatic rings. The number of carbonyl (C=O) groups excluding carboxylic acids is 1. The smallest absolute Gasteiger partial charge is 0.396 e. The Bertz CT molecular complexity index is 549. The molecule has 0 heterocycles. The molecule has 0 aliphatic carbocycles. The molecule has 10 heteroatoms. The quantitative estimate of drug-likeness (QED) is 0.366. The number of nitrogen functional groups attached to an aromatic ring is 1. The third kappa shape index (κ3) is 4.62. The van der Waals surface area contributed by atoms with E-state index in [-0.39, 0.29) is 10.7 Å². The Hall–Kier alpha value is -1.25. The molecule has 4 nitrogen and oxygen atoms in total. The Kier molecular flexibility index (Phi) is 6.93. The topological polar surface area (TPSA) is 66.6 Å². The molecule has 0 aromatic heterocycles. The highest BCUT2D eigenvalue weighted by molar-refractivity contribution is 6.39. The van der Waals surface area contributed by atoms with Crippen molar-refractivity contribution in [1.82, 2.24) is 4.90 Å². The first-order valence-electron chi connectivity index (χ1n) is 5.61. The minimum atomic E-state index is -5.07. The van der Waals surface area contributed by atoms with E-state index in [1.165, 1.54) is 4.90 Å². The number of amides is 1. The van der Waals surface area contributed by atoms with E-state index in [0.717, 1.165) is 6.41 Å². The van der Waals surface area contributed by atoms with Crippen molar-refractivity contribution < 1.29 is 27.5 Å². The number of halogens is 6. The highest BCUT2D eigenvalue weighted by Gasteiger charge is 2.53. The van der Waals surface area contributed by atoms with Crippen LogP contribution in [0.15, 0.2) is 6.07 Å². The number of rotatable bonds is 2. The zero-order valence-corrected chi connectivity index (χ0v) is 13.3. The van der Waals surface area contributed by atoms with Crippen molar-refractivity contribution in [2.24, 2.45) is 0 Å². The number of hydrogen-bond acceptors (Lipinski definition) is 3. The first-order valence-corrected chi connectivity index (χ1v) is 6.37. The van der Waals surface area contributed by atoms with Gasteiger partial charge >= 0.3 is 6.18 Å². The number of alkyl halides is 3. The second kappa shape index (κ2) is 7.34. The van der Waals surface area contributed by atoms with Crippen LogP contribution in [-0.2, 0) is 10.4 Å². The number of carbonyl (C=O) groups is 1. The van der Waals surface area contributed by atoms with Gasteiger partial charge in [0, 0.05) is 19.7 Å². The summed E-state index contributed by atoms with van der Waals surface area (Å²) in [5, 5.41) is 8.20. The maximum absolute atomic E-state index is 13.5. The van der Waals surface area contributed by atoms with Crippen LogP contribution >= 0.6 is 23.2 Å². The first kappa shape index (κ1) is 20.8. The predicted molar refractivity (Wildman–Crippen MR) is 76.2 cm³/mol. The number of anilines is 1. The lowest BCUT2D eigenvalue weighted by Crippen LogP contribution is -2.40. The van der Waals surface area contributed by atoms with Gasteiger partial charge in [-0.1, -0.05) is 23.2 Å². The molecule has 0 saturated carbocycles. The number of aliphatic hydroxyl groups is 1. The zero-order chi connectivity index (χ0) is 17.9. The van der Waals surface area contributed by atoms with E-state index in [2.05, 4.69) is 0 Å². The Morgan fingerprint density at radius 3 is 2.05 bits per heavy atom. The summed E-state index contributed by atoms with van der Waals surface area (Å²) in [4.78, 5) is 10.9.